The first-order valence-corrected chi connectivity index (χ1v) is 8.46. The van der Waals surface area contributed by atoms with Gasteiger partial charge >= 0.3 is 11.4 Å². The fourth-order valence-corrected chi connectivity index (χ4v) is 2.37. The molecule has 0 amide bonds. The predicted octanol–water partition coefficient (Wildman–Crippen LogP) is 2.39. The molecule has 0 fully saturated rings. The maximum Gasteiger partial charge on any atom is 0.422 e. The molecule has 0 bridgehead atoms. The molecule has 1 aromatic heterocycles. The minimum Gasteiger partial charge on any atom is -0.388 e. The van der Waals surface area contributed by atoms with Gasteiger partial charge in [0.15, 0.2) is 5.78 Å². The Bertz CT molecular complexity index is 1010. The van der Waals surface area contributed by atoms with E-state index in [9.17, 15) is 14.4 Å². The van der Waals surface area contributed by atoms with E-state index in [1.807, 2.05) is 38.2 Å². The van der Waals surface area contributed by atoms with Crippen LogP contribution in [0.3, 0.4) is 0 Å². The fraction of sp³-hybridized carbons (Fsp3) is 0.250. The molecule has 0 unspecified atom stereocenters. The number of rotatable bonds is 3. The Balaban J connectivity index is 0.000000248. The zero-order valence-corrected chi connectivity index (χ0v) is 16.0. The number of nitrogens with one attached hydrogen (secondary N) is 1. The van der Waals surface area contributed by atoms with Gasteiger partial charge in [-0.1, -0.05) is 31.2 Å². The summed E-state index contributed by atoms with van der Waals surface area (Å²) in [7, 11) is 4.88. The molecular formula is C20H25N3O4. The predicted molar refractivity (Wildman–Crippen MR) is 108 cm³/mol. The second-order valence-corrected chi connectivity index (χ2v) is 5.30. The van der Waals surface area contributed by atoms with Crippen molar-refractivity contribution in [1.82, 2.24) is 4.57 Å². The highest BCUT2D eigenvalue weighted by Crippen LogP contribution is 2.15. The van der Waals surface area contributed by atoms with Crippen LogP contribution in [0.15, 0.2) is 62.5 Å². The third-order valence-electron chi connectivity index (χ3n) is 3.76. The molecule has 0 radical (unpaired) electrons. The Morgan fingerprint density at radius 3 is 2.30 bits per heavy atom. The lowest BCUT2D eigenvalue weighted by Crippen LogP contribution is -2.22. The summed E-state index contributed by atoms with van der Waals surface area (Å²) < 4.78 is 5.78. The van der Waals surface area contributed by atoms with Crippen LogP contribution >= 0.6 is 0 Å². The average molecular weight is 371 g/mol. The Kier molecular flexibility index (Phi) is 8.68. The number of anilines is 1. The Morgan fingerprint density at radius 2 is 1.67 bits per heavy atom. The van der Waals surface area contributed by atoms with E-state index in [-0.39, 0.29) is 5.78 Å². The number of fused-ring (bicyclic) bond motifs is 1. The van der Waals surface area contributed by atoms with E-state index >= 15 is 0 Å². The van der Waals surface area contributed by atoms with E-state index in [1.54, 1.807) is 31.3 Å². The molecule has 3 rings (SSSR count). The van der Waals surface area contributed by atoms with Crippen molar-refractivity contribution in [2.24, 2.45) is 12.8 Å². The Hall–Kier alpha value is -3.19. The molecular weight excluding hydrogens is 346 g/mol. The minimum absolute atomic E-state index is 0.181. The number of aromatic nitrogens is 1. The number of ketones is 1. The number of carbonyl (C=O) groups excluding carboxylic acids is 1. The van der Waals surface area contributed by atoms with Gasteiger partial charge in [-0.05, 0) is 31.3 Å². The van der Waals surface area contributed by atoms with Crippen LogP contribution in [0.4, 0.5) is 5.69 Å². The van der Waals surface area contributed by atoms with Crippen molar-refractivity contribution in [3.63, 3.8) is 0 Å². The van der Waals surface area contributed by atoms with Gasteiger partial charge in [0, 0.05) is 31.8 Å². The molecule has 1 heterocycles. The van der Waals surface area contributed by atoms with E-state index in [0.29, 0.717) is 17.3 Å². The Morgan fingerprint density at radius 1 is 1.07 bits per heavy atom. The second kappa shape index (κ2) is 10.7. The van der Waals surface area contributed by atoms with Crippen LogP contribution in [-0.2, 0) is 7.05 Å². The summed E-state index contributed by atoms with van der Waals surface area (Å²) >= 11 is 0. The smallest absolute Gasteiger partial charge is 0.388 e. The van der Waals surface area contributed by atoms with E-state index in [4.69, 9.17) is 0 Å². The number of carbonyl (C=O) groups is 1. The summed E-state index contributed by atoms with van der Waals surface area (Å²) in [5.41, 5.74) is 6.19. The molecule has 2 aromatic carbocycles. The van der Waals surface area contributed by atoms with Crippen LogP contribution < -0.4 is 22.4 Å². The lowest BCUT2D eigenvalue weighted by Gasteiger charge is -2.05. The molecule has 27 heavy (non-hydrogen) atoms. The summed E-state index contributed by atoms with van der Waals surface area (Å²) in [6, 6.07) is 14.4. The molecule has 0 spiro atoms. The fourth-order valence-electron chi connectivity index (χ4n) is 2.37. The number of benzene rings is 2. The standard InChI is InChI=1S/C10H13NO.C9H7NO3.CH5N/c1-3-10(12)8-6-4-5-7-9(8)11-2;1-10-7-5-3-2-4-6(7)8(11)13-9(10)12;1-2/h4-7,11H,3H2,1-2H3;2-5H,1H3;2H2,1H3. The first-order valence-electron chi connectivity index (χ1n) is 8.46. The number of hydrogen-bond donors (Lipinski definition) is 2. The van der Waals surface area contributed by atoms with Crippen LogP contribution in [-0.4, -0.2) is 24.4 Å². The highest BCUT2D eigenvalue weighted by molar-refractivity contribution is 6.00. The highest BCUT2D eigenvalue weighted by Gasteiger charge is 2.06. The van der Waals surface area contributed by atoms with Crippen LogP contribution in [0.5, 0.6) is 0 Å². The second-order valence-electron chi connectivity index (χ2n) is 5.30. The molecule has 7 heteroatoms. The van der Waals surface area contributed by atoms with E-state index in [1.165, 1.54) is 11.6 Å². The van der Waals surface area contributed by atoms with Crippen molar-refractivity contribution >= 4 is 22.4 Å². The topological polar surface area (TPSA) is 107 Å². The lowest BCUT2D eigenvalue weighted by atomic mass is 10.1. The molecule has 3 N–H and O–H groups in total. The van der Waals surface area contributed by atoms with E-state index in [2.05, 4.69) is 15.5 Å². The third kappa shape index (κ3) is 5.39. The largest absolute Gasteiger partial charge is 0.422 e. The summed E-state index contributed by atoms with van der Waals surface area (Å²) in [6.07, 6.45) is 0.554. The summed E-state index contributed by atoms with van der Waals surface area (Å²) in [4.78, 5) is 33.6. The molecule has 0 atom stereocenters. The van der Waals surface area contributed by atoms with E-state index < -0.39 is 11.4 Å². The number of aryl methyl sites for hydroxylation is 1. The zero-order valence-electron chi connectivity index (χ0n) is 16.0. The molecule has 0 saturated heterocycles. The number of nitrogens with zero attached hydrogens (tertiary/aromatic N) is 1. The van der Waals surface area contributed by atoms with Gasteiger partial charge in [0.2, 0.25) is 0 Å². The van der Waals surface area contributed by atoms with Gasteiger partial charge in [-0.25, -0.2) is 9.59 Å². The molecule has 7 nitrogen and oxygen atoms in total. The summed E-state index contributed by atoms with van der Waals surface area (Å²) in [6.45, 7) is 1.87. The number of para-hydroxylation sites is 2. The van der Waals surface area contributed by atoms with Gasteiger partial charge < -0.3 is 15.5 Å². The van der Waals surface area contributed by atoms with Gasteiger partial charge in [-0.15, -0.1) is 0 Å². The average Bonchev–Trinajstić information content (AvgIpc) is 2.73. The number of hydrogen-bond acceptors (Lipinski definition) is 6. The van der Waals surface area contributed by atoms with Crippen LogP contribution in [0.2, 0.25) is 0 Å². The van der Waals surface area contributed by atoms with Gasteiger partial charge in [0.1, 0.15) is 0 Å². The maximum absolute atomic E-state index is 11.4. The van der Waals surface area contributed by atoms with Crippen molar-refractivity contribution in [2.75, 3.05) is 19.4 Å². The Labute approximate surface area is 157 Å². The zero-order chi connectivity index (χ0) is 20.4. The van der Waals surface area contributed by atoms with E-state index in [0.717, 1.165) is 11.3 Å². The molecule has 0 aliphatic heterocycles. The van der Waals surface area contributed by atoms with Crippen molar-refractivity contribution in [2.45, 2.75) is 13.3 Å². The first kappa shape index (κ1) is 21.9. The number of Topliss-reactive ketones (excluding diaryl/α,β-unsaturated/α-hetero) is 1. The molecule has 3 aromatic rings. The quantitative estimate of drug-likeness (QED) is 0.685. The van der Waals surface area contributed by atoms with Crippen molar-refractivity contribution < 1.29 is 9.21 Å². The molecule has 0 aliphatic carbocycles. The van der Waals surface area contributed by atoms with Crippen molar-refractivity contribution in [1.29, 1.82) is 0 Å². The van der Waals surface area contributed by atoms with Gasteiger partial charge in [-0.2, -0.15) is 0 Å². The first-order chi connectivity index (χ1) is 13.0. The van der Waals surface area contributed by atoms with Gasteiger partial charge in [0.25, 0.3) is 0 Å². The van der Waals surface area contributed by atoms with Crippen LogP contribution in [0, 0.1) is 0 Å². The molecule has 0 saturated carbocycles. The van der Waals surface area contributed by atoms with Gasteiger partial charge in [-0.3, -0.25) is 9.36 Å². The lowest BCUT2D eigenvalue weighted by molar-refractivity contribution is 0.0989. The summed E-state index contributed by atoms with van der Waals surface area (Å²) in [5.74, 6) is -0.455. The molecule has 0 aliphatic rings. The van der Waals surface area contributed by atoms with Crippen molar-refractivity contribution in [3.8, 4) is 0 Å². The maximum atomic E-state index is 11.4. The highest BCUT2D eigenvalue weighted by atomic mass is 16.4. The minimum atomic E-state index is -0.635. The normalized spacial score (nSPS) is 9.52. The summed E-state index contributed by atoms with van der Waals surface area (Å²) in [5, 5.41) is 3.41. The SMILES string of the molecule is CCC(=O)c1ccccc1NC.CN.Cn1c(=O)oc(=O)c2ccccc21. The van der Waals surface area contributed by atoms with Crippen molar-refractivity contribution in [3.05, 3.63) is 75.1 Å². The van der Waals surface area contributed by atoms with Gasteiger partial charge in [0.05, 0.1) is 10.9 Å². The third-order valence-corrected chi connectivity index (χ3v) is 3.76. The number of nitrogens with two attached hydrogens (primary N) is 1. The van der Waals surface area contributed by atoms with Crippen LogP contribution in [0.25, 0.3) is 10.9 Å². The van der Waals surface area contributed by atoms with Crippen LogP contribution in [0.1, 0.15) is 23.7 Å². The molecule has 144 valence electrons. The monoisotopic (exact) mass is 371 g/mol.